The molecule has 1 aromatic carbocycles. The highest BCUT2D eigenvalue weighted by Gasteiger charge is 2.26. The fourth-order valence-electron chi connectivity index (χ4n) is 2.00. The molecular weight excluding hydrogens is 262 g/mol. The third kappa shape index (κ3) is 3.87. The van der Waals surface area contributed by atoms with Crippen LogP contribution in [0.5, 0.6) is 5.75 Å². The van der Waals surface area contributed by atoms with Gasteiger partial charge in [0.25, 0.3) is 5.91 Å². The summed E-state index contributed by atoms with van der Waals surface area (Å²) in [5, 5.41) is 12.3. The van der Waals surface area contributed by atoms with E-state index in [4.69, 9.17) is 11.6 Å². The summed E-state index contributed by atoms with van der Waals surface area (Å²) < 4.78 is 0. The molecule has 0 aliphatic heterocycles. The van der Waals surface area contributed by atoms with Crippen LogP contribution in [-0.4, -0.2) is 23.4 Å². The molecule has 1 aromatic rings. The largest absolute Gasteiger partial charge is 0.508 e. The molecule has 106 valence electrons. The molecule has 1 rings (SSSR count). The molecule has 1 amide bonds. The standard InChI is InChI=1S/C15H22ClNO2/c1-4-15(5-2,9-16)10-17-14(19)13-7-6-12(18)8-11(13)3/h6-8,18H,4-5,9-10H2,1-3H3,(H,17,19). The maximum Gasteiger partial charge on any atom is 0.251 e. The average Bonchev–Trinajstić information content (AvgIpc) is 2.40. The summed E-state index contributed by atoms with van der Waals surface area (Å²) in [7, 11) is 0. The van der Waals surface area contributed by atoms with E-state index >= 15 is 0 Å². The number of carbonyl (C=O) groups excluding carboxylic acids is 1. The Morgan fingerprint density at radius 2 is 2.00 bits per heavy atom. The van der Waals surface area contributed by atoms with Gasteiger partial charge < -0.3 is 10.4 Å². The van der Waals surface area contributed by atoms with Gasteiger partial charge >= 0.3 is 0 Å². The Morgan fingerprint density at radius 3 is 2.47 bits per heavy atom. The van der Waals surface area contributed by atoms with E-state index in [0.717, 1.165) is 18.4 Å². The minimum absolute atomic E-state index is 0.0396. The monoisotopic (exact) mass is 283 g/mol. The van der Waals surface area contributed by atoms with Crippen molar-refractivity contribution in [1.82, 2.24) is 5.32 Å². The van der Waals surface area contributed by atoms with Crippen molar-refractivity contribution in [2.24, 2.45) is 5.41 Å². The number of amides is 1. The Bertz CT molecular complexity index is 434. The molecule has 0 spiro atoms. The Kier molecular flexibility index (Phi) is 5.67. The van der Waals surface area contributed by atoms with E-state index in [1.165, 1.54) is 6.07 Å². The lowest BCUT2D eigenvalue weighted by atomic mass is 9.84. The van der Waals surface area contributed by atoms with Gasteiger partial charge in [0.1, 0.15) is 5.75 Å². The number of phenolic OH excluding ortho intramolecular Hbond substituents is 1. The van der Waals surface area contributed by atoms with E-state index in [0.29, 0.717) is 18.0 Å². The van der Waals surface area contributed by atoms with Crippen LogP contribution in [0.2, 0.25) is 0 Å². The highest BCUT2D eigenvalue weighted by molar-refractivity contribution is 6.18. The first-order valence-corrected chi connectivity index (χ1v) is 7.15. The zero-order chi connectivity index (χ0) is 14.5. The average molecular weight is 284 g/mol. The van der Waals surface area contributed by atoms with Crippen molar-refractivity contribution < 1.29 is 9.90 Å². The van der Waals surface area contributed by atoms with Crippen molar-refractivity contribution in [3.05, 3.63) is 29.3 Å². The fraction of sp³-hybridized carbons (Fsp3) is 0.533. The van der Waals surface area contributed by atoms with Gasteiger partial charge in [-0.25, -0.2) is 0 Å². The quantitative estimate of drug-likeness (QED) is 0.785. The lowest BCUT2D eigenvalue weighted by molar-refractivity contribution is 0.0931. The normalized spacial score (nSPS) is 11.4. The number of rotatable bonds is 6. The molecule has 0 heterocycles. The third-order valence-corrected chi connectivity index (χ3v) is 4.43. The molecule has 0 aliphatic rings. The molecule has 0 bridgehead atoms. The number of benzene rings is 1. The SMILES string of the molecule is CCC(CC)(CCl)CNC(=O)c1ccc(O)cc1C. The van der Waals surface area contributed by atoms with E-state index in [2.05, 4.69) is 19.2 Å². The van der Waals surface area contributed by atoms with Crippen molar-refractivity contribution >= 4 is 17.5 Å². The molecule has 0 atom stereocenters. The van der Waals surface area contributed by atoms with Gasteiger partial charge in [0, 0.05) is 23.4 Å². The van der Waals surface area contributed by atoms with Gasteiger partial charge in [-0.3, -0.25) is 4.79 Å². The van der Waals surface area contributed by atoms with Crippen LogP contribution < -0.4 is 5.32 Å². The summed E-state index contributed by atoms with van der Waals surface area (Å²) in [6, 6.07) is 4.75. The maximum absolute atomic E-state index is 12.1. The minimum Gasteiger partial charge on any atom is -0.508 e. The van der Waals surface area contributed by atoms with Gasteiger partial charge in [0.2, 0.25) is 0 Å². The topological polar surface area (TPSA) is 49.3 Å². The van der Waals surface area contributed by atoms with E-state index < -0.39 is 0 Å². The Hall–Kier alpha value is -1.22. The predicted octanol–water partition coefficient (Wildman–Crippen LogP) is 3.48. The second kappa shape index (κ2) is 6.80. The van der Waals surface area contributed by atoms with Gasteiger partial charge in [0.15, 0.2) is 0 Å². The molecular formula is C15H22ClNO2. The number of phenols is 1. The molecule has 0 aliphatic carbocycles. The number of hydrogen-bond donors (Lipinski definition) is 2. The Balaban J connectivity index is 2.75. The van der Waals surface area contributed by atoms with Gasteiger partial charge in [-0.15, -0.1) is 11.6 Å². The van der Waals surface area contributed by atoms with Crippen molar-refractivity contribution in [3.63, 3.8) is 0 Å². The van der Waals surface area contributed by atoms with E-state index in [9.17, 15) is 9.90 Å². The zero-order valence-corrected chi connectivity index (χ0v) is 12.5. The summed E-state index contributed by atoms with van der Waals surface area (Å²) in [5.41, 5.74) is 1.32. The fourth-order valence-corrected chi connectivity index (χ4v) is 2.47. The van der Waals surface area contributed by atoms with Crippen LogP contribution in [-0.2, 0) is 0 Å². The van der Waals surface area contributed by atoms with Crippen LogP contribution in [0.4, 0.5) is 0 Å². The lowest BCUT2D eigenvalue weighted by Crippen LogP contribution is -2.38. The first kappa shape index (κ1) is 15.8. The van der Waals surface area contributed by atoms with Crippen LogP contribution >= 0.6 is 11.6 Å². The summed E-state index contributed by atoms with van der Waals surface area (Å²) in [4.78, 5) is 12.1. The molecule has 4 heteroatoms. The number of alkyl halides is 1. The first-order valence-electron chi connectivity index (χ1n) is 6.62. The molecule has 0 radical (unpaired) electrons. The number of halogens is 1. The second-order valence-corrected chi connectivity index (χ2v) is 5.29. The molecule has 0 fully saturated rings. The molecule has 3 nitrogen and oxygen atoms in total. The van der Waals surface area contributed by atoms with Crippen molar-refractivity contribution in [3.8, 4) is 5.75 Å². The van der Waals surface area contributed by atoms with Gasteiger partial charge in [-0.1, -0.05) is 13.8 Å². The summed E-state index contributed by atoms with van der Waals surface area (Å²) in [5.74, 6) is 0.592. The lowest BCUT2D eigenvalue weighted by Gasteiger charge is -2.29. The second-order valence-electron chi connectivity index (χ2n) is 5.02. The van der Waals surface area contributed by atoms with E-state index in [-0.39, 0.29) is 17.1 Å². The predicted molar refractivity (Wildman–Crippen MR) is 78.9 cm³/mol. The third-order valence-electron chi connectivity index (χ3n) is 3.86. The molecule has 2 N–H and O–H groups in total. The van der Waals surface area contributed by atoms with Crippen LogP contribution in [0, 0.1) is 12.3 Å². The molecule has 0 saturated heterocycles. The highest BCUT2D eigenvalue weighted by atomic mass is 35.5. The number of aromatic hydroxyl groups is 1. The van der Waals surface area contributed by atoms with Crippen LogP contribution in [0.3, 0.4) is 0 Å². The van der Waals surface area contributed by atoms with E-state index in [1.807, 2.05) is 6.92 Å². The highest BCUT2D eigenvalue weighted by Crippen LogP contribution is 2.27. The molecule has 19 heavy (non-hydrogen) atoms. The number of aryl methyl sites for hydroxylation is 1. The summed E-state index contributed by atoms with van der Waals surface area (Å²) in [6.45, 7) is 6.55. The van der Waals surface area contributed by atoms with Crippen LogP contribution in [0.1, 0.15) is 42.6 Å². The van der Waals surface area contributed by atoms with Gasteiger partial charge in [-0.2, -0.15) is 0 Å². The first-order chi connectivity index (χ1) is 8.98. The van der Waals surface area contributed by atoms with Gasteiger partial charge in [-0.05, 0) is 43.5 Å². The van der Waals surface area contributed by atoms with Gasteiger partial charge in [0.05, 0.1) is 0 Å². The van der Waals surface area contributed by atoms with Crippen molar-refractivity contribution in [1.29, 1.82) is 0 Å². The van der Waals surface area contributed by atoms with Crippen molar-refractivity contribution in [2.75, 3.05) is 12.4 Å². The maximum atomic E-state index is 12.1. The summed E-state index contributed by atoms with van der Waals surface area (Å²) >= 11 is 6.02. The minimum atomic E-state index is -0.117. The zero-order valence-electron chi connectivity index (χ0n) is 11.8. The summed E-state index contributed by atoms with van der Waals surface area (Å²) in [6.07, 6.45) is 1.86. The molecule has 0 unspecified atom stereocenters. The van der Waals surface area contributed by atoms with Crippen LogP contribution in [0.15, 0.2) is 18.2 Å². The van der Waals surface area contributed by atoms with E-state index in [1.54, 1.807) is 12.1 Å². The van der Waals surface area contributed by atoms with Crippen LogP contribution in [0.25, 0.3) is 0 Å². The smallest absolute Gasteiger partial charge is 0.251 e. The number of carbonyl (C=O) groups is 1. The molecule has 0 saturated carbocycles. The Labute approximate surface area is 120 Å². The Morgan fingerprint density at radius 1 is 1.37 bits per heavy atom. The molecule has 0 aromatic heterocycles. The number of hydrogen-bond acceptors (Lipinski definition) is 2. The van der Waals surface area contributed by atoms with Crippen molar-refractivity contribution in [2.45, 2.75) is 33.6 Å². The number of nitrogens with one attached hydrogen (secondary N) is 1.